The van der Waals surface area contributed by atoms with Gasteiger partial charge in [-0.3, -0.25) is 4.79 Å². The van der Waals surface area contributed by atoms with Gasteiger partial charge in [0.15, 0.2) is 5.82 Å². The summed E-state index contributed by atoms with van der Waals surface area (Å²) in [6, 6.07) is 14.0. The molecule has 0 atom stereocenters. The minimum Gasteiger partial charge on any atom is -0.508 e. The first kappa shape index (κ1) is 22.2. The van der Waals surface area contributed by atoms with Gasteiger partial charge in [-0.05, 0) is 68.7 Å². The topological polar surface area (TPSA) is 99.0 Å². The fourth-order valence-corrected chi connectivity index (χ4v) is 4.69. The number of amides is 1. The summed E-state index contributed by atoms with van der Waals surface area (Å²) in [4.78, 5) is 17.4. The first-order valence-corrected chi connectivity index (χ1v) is 11.5. The molecule has 1 aromatic heterocycles. The van der Waals surface area contributed by atoms with Crippen molar-refractivity contribution in [1.29, 1.82) is 0 Å². The molecule has 0 saturated carbocycles. The first-order valence-electron chi connectivity index (χ1n) is 11.5. The van der Waals surface area contributed by atoms with Gasteiger partial charge < -0.3 is 24.7 Å². The van der Waals surface area contributed by atoms with E-state index in [4.69, 9.17) is 4.74 Å². The van der Waals surface area contributed by atoms with Crippen LogP contribution < -0.4 is 9.80 Å². The average molecular weight is 461 g/mol. The summed E-state index contributed by atoms with van der Waals surface area (Å²) in [7, 11) is 0. The molecule has 1 amide bonds. The van der Waals surface area contributed by atoms with E-state index in [9.17, 15) is 15.0 Å². The molecule has 0 unspecified atom stereocenters. The number of ether oxygens (including phenoxy) is 1. The molecule has 2 N–H and O–H groups in total. The Morgan fingerprint density at radius 2 is 1.79 bits per heavy atom. The van der Waals surface area contributed by atoms with Crippen molar-refractivity contribution in [3.63, 3.8) is 0 Å². The molecule has 1 fully saturated rings. The third-order valence-corrected chi connectivity index (χ3v) is 6.63. The lowest BCUT2D eigenvalue weighted by molar-refractivity contribution is 0.0953. The van der Waals surface area contributed by atoms with Gasteiger partial charge in [0.2, 0.25) is 0 Å². The van der Waals surface area contributed by atoms with Gasteiger partial charge in [-0.2, -0.15) is 0 Å². The van der Waals surface area contributed by atoms with Crippen LogP contribution in [0.4, 0.5) is 11.5 Å². The SMILES string of the molecule is CC1(C)CCc2cc(-c3ccc(N4CCOCC4)nn3)ccc2N1C(=O)c1ccc(O)cc1O. The molecule has 5 rings (SSSR count). The Morgan fingerprint density at radius 1 is 1.00 bits per heavy atom. The second kappa shape index (κ2) is 8.61. The highest BCUT2D eigenvalue weighted by molar-refractivity contribution is 6.09. The van der Waals surface area contributed by atoms with E-state index >= 15 is 0 Å². The predicted molar refractivity (Wildman–Crippen MR) is 129 cm³/mol. The van der Waals surface area contributed by atoms with E-state index in [-0.39, 0.29) is 23.0 Å². The number of aromatic hydroxyl groups is 2. The summed E-state index contributed by atoms with van der Waals surface area (Å²) < 4.78 is 5.40. The zero-order valence-electron chi connectivity index (χ0n) is 19.4. The largest absolute Gasteiger partial charge is 0.508 e. The van der Waals surface area contributed by atoms with Crippen LogP contribution in [0.5, 0.6) is 11.5 Å². The molecule has 2 aromatic carbocycles. The van der Waals surface area contributed by atoms with Crippen LogP contribution in [-0.2, 0) is 11.2 Å². The lowest BCUT2D eigenvalue weighted by atomic mass is 9.85. The number of fused-ring (bicyclic) bond motifs is 1. The zero-order chi connectivity index (χ0) is 23.9. The summed E-state index contributed by atoms with van der Waals surface area (Å²) in [6.07, 6.45) is 1.59. The van der Waals surface area contributed by atoms with Gasteiger partial charge in [0.05, 0.1) is 24.5 Å². The van der Waals surface area contributed by atoms with E-state index in [2.05, 4.69) is 21.2 Å². The predicted octanol–water partition coefficient (Wildman–Crippen LogP) is 3.76. The standard InChI is InChI=1S/C26H28N4O4/c1-26(2)10-9-18-15-17(21-6-8-24(28-27-21)29-11-13-34-14-12-29)3-7-22(18)30(26)25(33)20-5-4-19(31)16-23(20)32/h3-8,15-16,31-32H,9-14H2,1-2H3. The summed E-state index contributed by atoms with van der Waals surface area (Å²) in [5.74, 6) is 0.223. The van der Waals surface area contributed by atoms with Crippen LogP contribution in [0.3, 0.4) is 0 Å². The summed E-state index contributed by atoms with van der Waals surface area (Å²) in [6.45, 7) is 7.06. The van der Waals surface area contributed by atoms with Crippen molar-refractivity contribution in [2.24, 2.45) is 0 Å². The summed E-state index contributed by atoms with van der Waals surface area (Å²) >= 11 is 0. The van der Waals surface area contributed by atoms with Crippen molar-refractivity contribution in [1.82, 2.24) is 10.2 Å². The number of rotatable bonds is 3. The molecule has 3 aromatic rings. The molecular weight excluding hydrogens is 432 g/mol. The number of aryl methyl sites for hydroxylation is 1. The number of carbonyl (C=O) groups is 1. The molecule has 0 radical (unpaired) electrons. The number of phenols is 2. The van der Waals surface area contributed by atoms with Crippen LogP contribution in [0.15, 0.2) is 48.5 Å². The molecule has 1 saturated heterocycles. The van der Waals surface area contributed by atoms with Gasteiger partial charge in [0.1, 0.15) is 11.5 Å². The summed E-state index contributed by atoms with van der Waals surface area (Å²) in [5.41, 5.74) is 3.30. The Morgan fingerprint density at radius 3 is 2.50 bits per heavy atom. The molecule has 8 heteroatoms. The maximum atomic E-state index is 13.5. The van der Waals surface area contributed by atoms with Gasteiger partial charge in [0.25, 0.3) is 5.91 Å². The van der Waals surface area contributed by atoms with Crippen molar-refractivity contribution in [3.05, 3.63) is 59.7 Å². The van der Waals surface area contributed by atoms with Gasteiger partial charge in [-0.25, -0.2) is 0 Å². The number of carbonyl (C=O) groups excluding carboxylic acids is 1. The molecule has 8 nitrogen and oxygen atoms in total. The average Bonchev–Trinajstić information content (AvgIpc) is 2.84. The number of nitrogens with zero attached hydrogens (tertiary/aromatic N) is 4. The van der Waals surface area contributed by atoms with Crippen LogP contribution in [0.2, 0.25) is 0 Å². The van der Waals surface area contributed by atoms with Crippen molar-refractivity contribution in [3.8, 4) is 22.8 Å². The number of aromatic nitrogens is 2. The van der Waals surface area contributed by atoms with Crippen LogP contribution in [-0.4, -0.2) is 58.2 Å². The Bertz CT molecular complexity index is 1220. The molecule has 0 aliphatic carbocycles. The van der Waals surface area contributed by atoms with E-state index in [0.29, 0.717) is 13.2 Å². The highest BCUT2D eigenvalue weighted by Gasteiger charge is 2.38. The second-order valence-corrected chi connectivity index (χ2v) is 9.37. The third-order valence-electron chi connectivity index (χ3n) is 6.63. The quantitative estimate of drug-likeness (QED) is 0.614. The van der Waals surface area contributed by atoms with Gasteiger partial charge in [-0.15, -0.1) is 10.2 Å². The van der Waals surface area contributed by atoms with Gasteiger partial charge in [-0.1, -0.05) is 6.07 Å². The highest BCUT2D eigenvalue weighted by Crippen LogP contribution is 2.40. The monoisotopic (exact) mass is 460 g/mol. The molecule has 2 aliphatic rings. The maximum Gasteiger partial charge on any atom is 0.262 e. The Balaban J connectivity index is 1.46. The minimum atomic E-state index is -0.435. The summed E-state index contributed by atoms with van der Waals surface area (Å²) in [5, 5.41) is 28.8. The van der Waals surface area contributed by atoms with E-state index in [1.54, 1.807) is 4.90 Å². The maximum absolute atomic E-state index is 13.5. The van der Waals surface area contributed by atoms with E-state index in [1.165, 1.54) is 18.2 Å². The molecule has 34 heavy (non-hydrogen) atoms. The Kier molecular flexibility index (Phi) is 5.61. The van der Waals surface area contributed by atoms with Gasteiger partial charge in [0, 0.05) is 35.9 Å². The molecule has 2 aliphatic heterocycles. The molecule has 0 spiro atoms. The Hall–Kier alpha value is -3.65. The molecule has 176 valence electrons. The zero-order valence-corrected chi connectivity index (χ0v) is 19.4. The van der Waals surface area contributed by atoms with Crippen LogP contribution in [0.25, 0.3) is 11.3 Å². The van der Waals surface area contributed by atoms with Crippen molar-refractivity contribution in [2.45, 2.75) is 32.2 Å². The van der Waals surface area contributed by atoms with Crippen LogP contribution >= 0.6 is 0 Å². The highest BCUT2D eigenvalue weighted by atomic mass is 16.5. The number of phenolic OH excluding ortho intramolecular Hbond substituents is 2. The first-order chi connectivity index (χ1) is 16.3. The van der Waals surface area contributed by atoms with Crippen molar-refractivity contribution >= 4 is 17.4 Å². The number of hydrogen-bond acceptors (Lipinski definition) is 7. The van der Waals surface area contributed by atoms with Crippen molar-refractivity contribution in [2.75, 3.05) is 36.1 Å². The minimum absolute atomic E-state index is 0.0854. The van der Waals surface area contributed by atoms with Crippen LogP contribution in [0.1, 0.15) is 36.2 Å². The number of anilines is 2. The van der Waals surface area contributed by atoms with E-state index < -0.39 is 5.54 Å². The van der Waals surface area contributed by atoms with E-state index in [0.717, 1.165) is 54.3 Å². The van der Waals surface area contributed by atoms with Gasteiger partial charge >= 0.3 is 0 Å². The lowest BCUT2D eigenvalue weighted by Crippen LogP contribution is -2.51. The fraction of sp³-hybridized carbons (Fsp3) is 0.346. The molecule has 3 heterocycles. The smallest absolute Gasteiger partial charge is 0.262 e. The number of benzene rings is 2. The van der Waals surface area contributed by atoms with Crippen molar-refractivity contribution < 1.29 is 19.7 Å². The fourth-order valence-electron chi connectivity index (χ4n) is 4.69. The second-order valence-electron chi connectivity index (χ2n) is 9.37. The van der Waals surface area contributed by atoms with Crippen LogP contribution in [0, 0.1) is 0 Å². The third kappa shape index (κ3) is 4.05. The number of morpholine rings is 1. The molecule has 0 bridgehead atoms. The Labute approximate surface area is 198 Å². The number of hydrogen-bond donors (Lipinski definition) is 2. The normalized spacial score (nSPS) is 17.4. The van der Waals surface area contributed by atoms with E-state index in [1.807, 2.05) is 38.1 Å². The molecular formula is C26H28N4O4. The lowest BCUT2D eigenvalue weighted by Gasteiger charge is -2.43.